The van der Waals surface area contributed by atoms with Gasteiger partial charge in [-0.3, -0.25) is 4.79 Å². The Labute approximate surface area is 178 Å². The molecule has 0 atom stereocenters. The Bertz CT molecular complexity index is 1010. The van der Waals surface area contributed by atoms with Gasteiger partial charge in [-0.1, -0.05) is 30.3 Å². The molecule has 1 aromatic heterocycles. The van der Waals surface area contributed by atoms with E-state index in [4.69, 9.17) is 0 Å². The molecule has 2 aromatic carbocycles. The standard InChI is InChI=1S/C22H22BrN3OS/c1-15-8-7-9-18(12-15)26-16(2)20(22(23)17(26)3)13-24-25-21(27)14-28-19-10-5-4-6-11-19/h4-13H,14H2,1-3H3,(H,25,27)/b24-13-. The number of hydrazone groups is 1. The van der Waals surface area contributed by atoms with Crippen molar-refractivity contribution in [1.29, 1.82) is 0 Å². The number of rotatable bonds is 6. The van der Waals surface area contributed by atoms with Crippen molar-refractivity contribution in [1.82, 2.24) is 9.99 Å². The third-order valence-electron chi connectivity index (χ3n) is 4.37. The van der Waals surface area contributed by atoms with Crippen LogP contribution in [0, 0.1) is 20.8 Å². The van der Waals surface area contributed by atoms with Crippen LogP contribution in [-0.4, -0.2) is 22.4 Å². The number of thioether (sulfide) groups is 1. The van der Waals surface area contributed by atoms with Crippen LogP contribution >= 0.6 is 27.7 Å². The first kappa shape index (κ1) is 20.4. The second-order valence-corrected chi connectivity index (χ2v) is 8.31. The molecule has 0 saturated carbocycles. The van der Waals surface area contributed by atoms with Gasteiger partial charge in [-0.15, -0.1) is 11.8 Å². The van der Waals surface area contributed by atoms with Crippen molar-refractivity contribution >= 4 is 39.8 Å². The summed E-state index contributed by atoms with van der Waals surface area (Å²) in [7, 11) is 0. The summed E-state index contributed by atoms with van der Waals surface area (Å²) >= 11 is 5.15. The Hall–Kier alpha value is -2.31. The first-order valence-electron chi connectivity index (χ1n) is 8.91. The van der Waals surface area contributed by atoms with Crippen molar-refractivity contribution in [2.24, 2.45) is 5.10 Å². The van der Waals surface area contributed by atoms with Gasteiger partial charge in [-0.05, 0) is 66.5 Å². The molecule has 4 nitrogen and oxygen atoms in total. The molecule has 28 heavy (non-hydrogen) atoms. The Morgan fingerprint density at radius 1 is 1.11 bits per heavy atom. The van der Waals surface area contributed by atoms with Crippen molar-refractivity contribution in [3.8, 4) is 5.69 Å². The lowest BCUT2D eigenvalue weighted by atomic mass is 10.2. The maximum absolute atomic E-state index is 12.0. The third kappa shape index (κ3) is 4.75. The van der Waals surface area contributed by atoms with Crippen LogP contribution in [-0.2, 0) is 4.79 Å². The van der Waals surface area contributed by atoms with Crippen LogP contribution < -0.4 is 5.43 Å². The van der Waals surface area contributed by atoms with E-state index < -0.39 is 0 Å². The van der Waals surface area contributed by atoms with Crippen LogP contribution in [0.4, 0.5) is 0 Å². The summed E-state index contributed by atoms with van der Waals surface area (Å²) in [5.41, 5.74) is 8.04. The van der Waals surface area contributed by atoms with Crippen molar-refractivity contribution in [3.63, 3.8) is 0 Å². The number of carbonyl (C=O) groups excluding carboxylic acids is 1. The fraction of sp³-hybridized carbons (Fsp3) is 0.182. The van der Waals surface area contributed by atoms with Gasteiger partial charge in [0.2, 0.25) is 5.91 Å². The van der Waals surface area contributed by atoms with E-state index in [9.17, 15) is 4.79 Å². The predicted octanol–water partition coefficient (Wildman–Crippen LogP) is 5.41. The Morgan fingerprint density at radius 3 is 2.57 bits per heavy atom. The molecule has 144 valence electrons. The van der Waals surface area contributed by atoms with Crippen LogP contribution in [0.2, 0.25) is 0 Å². The van der Waals surface area contributed by atoms with Gasteiger partial charge in [-0.2, -0.15) is 5.10 Å². The number of hydrogen-bond acceptors (Lipinski definition) is 3. The molecule has 3 rings (SSSR count). The van der Waals surface area contributed by atoms with Gasteiger partial charge < -0.3 is 4.57 Å². The minimum atomic E-state index is -0.131. The molecule has 0 saturated heterocycles. The van der Waals surface area contributed by atoms with Crippen LogP contribution in [0.25, 0.3) is 5.69 Å². The minimum absolute atomic E-state index is 0.131. The highest BCUT2D eigenvalue weighted by Crippen LogP contribution is 2.29. The van der Waals surface area contributed by atoms with Crippen LogP contribution in [0.15, 0.2) is 69.1 Å². The summed E-state index contributed by atoms with van der Waals surface area (Å²) in [6.07, 6.45) is 1.70. The molecule has 0 aliphatic carbocycles. The normalized spacial score (nSPS) is 11.1. The lowest BCUT2D eigenvalue weighted by Crippen LogP contribution is -2.19. The number of aryl methyl sites for hydroxylation is 1. The Balaban J connectivity index is 1.70. The van der Waals surface area contributed by atoms with E-state index in [-0.39, 0.29) is 5.91 Å². The number of benzene rings is 2. The fourth-order valence-corrected chi connectivity index (χ4v) is 4.27. The van der Waals surface area contributed by atoms with Gasteiger partial charge in [-0.25, -0.2) is 5.43 Å². The molecule has 1 amide bonds. The highest BCUT2D eigenvalue weighted by atomic mass is 79.9. The molecule has 0 spiro atoms. The van der Waals surface area contributed by atoms with E-state index in [2.05, 4.69) is 76.1 Å². The lowest BCUT2D eigenvalue weighted by Gasteiger charge is -2.10. The molecule has 0 radical (unpaired) electrons. The number of nitrogens with one attached hydrogen (secondary N) is 1. The number of aromatic nitrogens is 1. The summed E-state index contributed by atoms with van der Waals surface area (Å²) in [5.74, 6) is 0.193. The lowest BCUT2D eigenvalue weighted by molar-refractivity contribution is -0.118. The van der Waals surface area contributed by atoms with E-state index >= 15 is 0 Å². The zero-order valence-corrected chi connectivity index (χ0v) is 18.5. The largest absolute Gasteiger partial charge is 0.317 e. The van der Waals surface area contributed by atoms with Gasteiger partial charge in [0.15, 0.2) is 0 Å². The molecule has 0 aliphatic heterocycles. The topological polar surface area (TPSA) is 46.4 Å². The van der Waals surface area contributed by atoms with Crippen molar-refractivity contribution in [2.45, 2.75) is 25.7 Å². The summed E-state index contributed by atoms with van der Waals surface area (Å²) in [5, 5.41) is 4.16. The van der Waals surface area contributed by atoms with Gasteiger partial charge in [0.05, 0.1) is 12.0 Å². The molecule has 0 bridgehead atoms. The molecular weight excluding hydrogens is 434 g/mol. The van der Waals surface area contributed by atoms with Gasteiger partial charge in [0.25, 0.3) is 0 Å². The molecule has 1 N–H and O–H groups in total. The summed E-state index contributed by atoms with van der Waals surface area (Å²) in [6.45, 7) is 6.19. The summed E-state index contributed by atoms with van der Waals surface area (Å²) in [4.78, 5) is 13.1. The molecule has 0 aliphatic rings. The predicted molar refractivity (Wildman–Crippen MR) is 121 cm³/mol. The average Bonchev–Trinajstić information content (AvgIpc) is 2.90. The Morgan fingerprint density at radius 2 is 1.86 bits per heavy atom. The second-order valence-electron chi connectivity index (χ2n) is 6.47. The number of nitrogens with zero attached hydrogens (tertiary/aromatic N) is 2. The van der Waals surface area contributed by atoms with Gasteiger partial charge in [0.1, 0.15) is 0 Å². The zero-order valence-electron chi connectivity index (χ0n) is 16.1. The van der Waals surface area contributed by atoms with Crippen LogP contribution in [0.3, 0.4) is 0 Å². The molecule has 0 fully saturated rings. The number of hydrogen-bond donors (Lipinski definition) is 1. The van der Waals surface area contributed by atoms with Gasteiger partial charge in [0, 0.05) is 32.0 Å². The fourth-order valence-electron chi connectivity index (χ4n) is 3.00. The minimum Gasteiger partial charge on any atom is -0.317 e. The first-order chi connectivity index (χ1) is 13.5. The highest BCUT2D eigenvalue weighted by Gasteiger charge is 2.15. The molecule has 0 unspecified atom stereocenters. The van der Waals surface area contributed by atoms with Gasteiger partial charge >= 0.3 is 0 Å². The SMILES string of the molecule is Cc1cccc(-n2c(C)c(Br)c(/C=N\NC(=O)CSc3ccccc3)c2C)c1. The van der Waals surface area contributed by atoms with Crippen LogP contribution in [0.5, 0.6) is 0 Å². The van der Waals surface area contributed by atoms with E-state index in [1.165, 1.54) is 17.3 Å². The van der Waals surface area contributed by atoms with E-state index in [1.807, 2.05) is 30.3 Å². The number of carbonyl (C=O) groups is 1. The van der Waals surface area contributed by atoms with Crippen molar-refractivity contribution < 1.29 is 4.79 Å². The van der Waals surface area contributed by atoms with E-state index in [0.29, 0.717) is 5.75 Å². The summed E-state index contributed by atoms with van der Waals surface area (Å²) in [6, 6.07) is 18.2. The molecule has 3 aromatic rings. The van der Waals surface area contributed by atoms with Crippen molar-refractivity contribution in [2.75, 3.05) is 5.75 Å². The zero-order chi connectivity index (χ0) is 20.1. The first-order valence-corrected chi connectivity index (χ1v) is 10.7. The van der Waals surface area contributed by atoms with E-state index in [0.717, 1.165) is 32.0 Å². The van der Waals surface area contributed by atoms with E-state index in [1.54, 1.807) is 6.21 Å². The number of halogens is 1. The Kier molecular flexibility index (Phi) is 6.75. The van der Waals surface area contributed by atoms with Crippen molar-refractivity contribution in [3.05, 3.63) is 81.6 Å². The monoisotopic (exact) mass is 455 g/mol. The molecule has 1 heterocycles. The quantitative estimate of drug-likeness (QED) is 0.306. The molecular formula is C22H22BrN3OS. The second kappa shape index (κ2) is 9.26. The third-order valence-corrected chi connectivity index (χ3v) is 6.38. The number of amides is 1. The highest BCUT2D eigenvalue weighted by molar-refractivity contribution is 9.10. The molecule has 6 heteroatoms. The maximum atomic E-state index is 12.0. The average molecular weight is 456 g/mol. The van der Waals surface area contributed by atoms with Crippen LogP contribution in [0.1, 0.15) is 22.5 Å². The smallest absolute Gasteiger partial charge is 0.250 e. The maximum Gasteiger partial charge on any atom is 0.250 e. The summed E-state index contributed by atoms with van der Waals surface area (Å²) < 4.78 is 3.16.